The smallest absolute Gasteiger partial charge is 0.311 e. The van der Waals surface area contributed by atoms with Crippen LogP contribution in [0.5, 0.6) is 0 Å². The van der Waals surface area contributed by atoms with Crippen molar-refractivity contribution in [2.75, 3.05) is 0 Å². The van der Waals surface area contributed by atoms with Crippen LogP contribution < -0.4 is 0 Å². The van der Waals surface area contributed by atoms with Crippen molar-refractivity contribution in [1.82, 2.24) is 0 Å². The first kappa shape index (κ1) is 31.9. The lowest BCUT2D eigenvalue weighted by molar-refractivity contribution is -0.144. The Hall–Kier alpha value is -1.32. The second-order valence-corrected chi connectivity index (χ2v) is 8.49. The molecule has 0 fully saturated rings. The topological polar surface area (TPSA) is 63.6 Å². The van der Waals surface area contributed by atoms with Gasteiger partial charge in [-0.2, -0.15) is 0 Å². The molecule has 0 aromatic rings. The average Bonchev–Trinajstić information content (AvgIpc) is 2.76. The molecular weight excluding hydrogens is 388 g/mol. The molecule has 0 heterocycles. The van der Waals surface area contributed by atoms with Crippen LogP contribution in [0, 0.1) is 0 Å². The molecular formula is C27H52O4. The van der Waals surface area contributed by atoms with Gasteiger partial charge in [0.1, 0.15) is 0 Å². The first-order valence-electron chi connectivity index (χ1n) is 13.1. The van der Waals surface area contributed by atoms with Crippen molar-refractivity contribution in [1.29, 1.82) is 0 Å². The molecule has 0 bridgehead atoms. The van der Waals surface area contributed by atoms with Crippen molar-refractivity contribution in [2.24, 2.45) is 0 Å². The molecule has 31 heavy (non-hydrogen) atoms. The largest absolute Gasteiger partial charge is 0.481 e. The molecule has 0 aliphatic carbocycles. The Morgan fingerprint density at radius 3 is 1.39 bits per heavy atom. The summed E-state index contributed by atoms with van der Waals surface area (Å²) in [6.45, 7) is 6.73. The number of carboxylic acid groups (broad SMARTS) is 1. The van der Waals surface area contributed by atoms with E-state index in [1.54, 1.807) is 6.08 Å². The Balaban J connectivity index is 0. The van der Waals surface area contributed by atoms with E-state index in [-0.39, 0.29) is 12.8 Å². The summed E-state index contributed by atoms with van der Waals surface area (Å²) < 4.78 is 4.72. The van der Waals surface area contributed by atoms with Crippen LogP contribution in [0.3, 0.4) is 0 Å². The van der Waals surface area contributed by atoms with E-state index in [1.807, 2.05) is 0 Å². The van der Waals surface area contributed by atoms with Crippen LogP contribution in [0.4, 0.5) is 0 Å². The molecule has 0 aliphatic heterocycles. The summed E-state index contributed by atoms with van der Waals surface area (Å²) in [5, 5.41) is 8.33. The number of carbonyl (C=O) groups excluding carboxylic acids is 1. The van der Waals surface area contributed by atoms with E-state index in [2.05, 4.69) is 20.8 Å². The molecule has 0 spiro atoms. The molecule has 0 saturated heterocycles. The van der Waals surface area contributed by atoms with Crippen LogP contribution in [-0.4, -0.2) is 17.0 Å². The SMILES string of the molecule is CCCCCCC=COC(=O)CCC(=O)O.CCCCCCCCCCCCCCC. The first-order valence-corrected chi connectivity index (χ1v) is 13.1. The van der Waals surface area contributed by atoms with Crippen molar-refractivity contribution in [2.45, 2.75) is 149 Å². The van der Waals surface area contributed by atoms with E-state index in [1.165, 1.54) is 109 Å². The summed E-state index contributed by atoms with van der Waals surface area (Å²) in [6, 6.07) is 0. The molecule has 4 nitrogen and oxygen atoms in total. The lowest BCUT2D eigenvalue weighted by Crippen LogP contribution is -2.03. The number of esters is 1. The number of allylic oxidation sites excluding steroid dienone is 1. The minimum atomic E-state index is -0.986. The third kappa shape index (κ3) is 33.5. The van der Waals surface area contributed by atoms with Gasteiger partial charge in [-0.05, 0) is 18.9 Å². The minimum absolute atomic E-state index is 0.0739. The number of rotatable bonds is 21. The zero-order chi connectivity index (χ0) is 23.4. The fourth-order valence-corrected chi connectivity index (χ4v) is 3.24. The zero-order valence-electron chi connectivity index (χ0n) is 21.0. The van der Waals surface area contributed by atoms with Gasteiger partial charge in [-0.1, -0.05) is 124 Å². The minimum Gasteiger partial charge on any atom is -0.481 e. The van der Waals surface area contributed by atoms with Gasteiger partial charge in [0.25, 0.3) is 0 Å². The molecule has 184 valence electrons. The van der Waals surface area contributed by atoms with Crippen LogP contribution in [0.2, 0.25) is 0 Å². The van der Waals surface area contributed by atoms with E-state index in [4.69, 9.17) is 9.84 Å². The van der Waals surface area contributed by atoms with Crippen molar-refractivity contribution in [3.8, 4) is 0 Å². The zero-order valence-corrected chi connectivity index (χ0v) is 21.0. The maximum Gasteiger partial charge on any atom is 0.311 e. The van der Waals surface area contributed by atoms with Crippen LogP contribution in [0.15, 0.2) is 12.3 Å². The molecule has 0 aliphatic rings. The monoisotopic (exact) mass is 440 g/mol. The van der Waals surface area contributed by atoms with Gasteiger partial charge in [-0.15, -0.1) is 0 Å². The van der Waals surface area contributed by atoms with E-state index < -0.39 is 11.9 Å². The number of ether oxygens (including phenoxy) is 1. The van der Waals surface area contributed by atoms with Gasteiger partial charge in [0.15, 0.2) is 0 Å². The lowest BCUT2D eigenvalue weighted by Gasteiger charge is -2.01. The summed E-state index contributed by atoms with van der Waals surface area (Å²) >= 11 is 0. The molecule has 0 radical (unpaired) electrons. The van der Waals surface area contributed by atoms with Crippen LogP contribution >= 0.6 is 0 Å². The fraction of sp³-hybridized carbons (Fsp3) is 0.852. The molecule has 0 unspecified atom stereocenters. The van der Waals surface area contributed by atoms with Gasteiger partial charge in [0.2, 0.25) is 0 Å². The predicted molar refractivity (Wildman–Crippen MR) is 132 cm³/mol. The van der Waals surface area contributed by atoms with Crippen molar-refractivity contribution in [3.63, 3.8) is 0 Å². The highest BCUT2D eigenvalue weighted by atomic mass is 16.5. The predicted octanol–water partition coefficient (Wildman–Crippen LogP) is 8.98. The highest BCUT2D eigenvalue weighted by molar-refractivity contribution is 5.76. The molecule has 0 aromatic heterocycles. The summed E-state index contributed by atoms with van der Waals surface area (Å²) in [6.07, 6.45) is 27.4. The number of hydrogen-bond donors (Lipinski definition) is 1. The summed E-state index contributed by atoms with van der Waals surface area (Å²) in [5.41, 5.74) is 0. The number of unbranched alkanes of at least 4 members (excludes halogenated alkanes) is 16. The second-order valence-electron chi connectivity index (χ2n) is 8.49. The van der Waals surface area contributed by atoms with E-state index in [0.29, 0.717) is 0 Å². The van der Waals surface area contributed by atoms with Gasteiger partial charge in [0, 0.05) is 0 Å². The van der Waals surface area contributed by atoms with Crippen molar-refractivity contribution in [3.05, 3.63) is 12.3 Å². The molecule has 4 heteroatoms. The maximum atomic E-state index is 10.9. The van der Waals surface area contributed by atoms with Crippen LogP contribution in [0.1, 0.15) is 149 Å². The number of carbonyl (C=O) groups is 2. The summed E-state index contributed by atoms with van der Waals surface area (Å²) in [5.74, 6) is -1.48. The van der Waals surface area contributed by atoms with Gasteiger partial charge in [0.05, 0.1) is 19.1 Å². The van der Waals surface area contributed by atoms with E-state index in [0.717, 1.165) is 12.8 Å². The van der Waals surface area contributed by atoms with E-state index in [9.17, 15) is 9.59 Å². The molecule has 0 aromatic carbocycles. The van der Waals surface area contributed by atoms with Gasteiger partial charge < -0.3 is 9.84 Å². The number of carboxylic acids is 1. The Kier molecular flexibility index (Phi) is 29.5. The average molecular weight is 441 g/mol. The third-order valence-corrected chi connectivity index (χ3v) is 5.27. The Morgan fingerprint density at radius 1 is 0.613 bits per heavy atom. The summed E-state index contributed by atoms with van der Waals surface area (Å²) in [7, 11) is 0. The standard InChI is InChI=1S/C15H32.C12H20O4/c1-3-5-7-9-11-13-15-14-12-10-8-6-4-2;1-2-3-4-5-6-7-10-16-12(15)9-8-11(13)14/h3-15H2,1-2H3;7,10H,2-6,8-9H2,1H3,(H,13,14). The summed E-state index contributed by atoms with van der Waals surface area (Å²) in [4.78, 5) is 21.1. The molecule has 0 saturated carbocycles. The van der Waals surface area contributed by atoms with Crippen molar-refractivity contribution >= 4 is 11.9 Å². The maximum absolute atomic E-state index is 10.9. The molecule has 0 rings (SSSR count). The van der Waals surface area contributed by atoms with Gasteiger partial charge >= 0.3 is 11.9 Å². The highest BCUT2D eigenvalue weighted by Gasteiger charge is 2.04. The van der Waals surface area contributed by atoms with E-state index >= 15 is 0 Å². The highest BCUT2D eigenvalue weighted by Crippen LogP contribution is 2.12. The lowest BCUT2D eigenvalue weighted by atomic mass is 10.1. The van der Waals surface area contributed by atoms with Crippen molar-refractivity contribution < 1.29 is 19.4 Å². The van der Waals surface area contributed by atoms with Gasteiger partial charge in [-0.3, -0.25) is 9.59 Å². The fourth-order valence-electron chi connectivity index (χ4n) is 3.24. The Morgan fingerprint density at radius 2 is 1.00 bits per heavy atom. The number of hydrogen-bond acceptors (Lipinski definition) is 3. The first-order chi connectivity index (χ1) is 15.1. The second kappa shape index (κ2) is 28.7. The number of aliphatic carboxylic acids is 1. The molecule has 1 N–H and O–H groups in total. The van der Waals surface area contributed by atoms with Gasteiger partial charge in [-0.25, -0.2) is 0 Å². The van der Waals surface area contributed by atoms with Crippen LogP contribution in [0.25, 0.3) is 0 Å². The normalized spacial score (nSPS) is 10.7. The van der Waals surface area contributed by atoms with Crippen LogP contribution in [-0.2, 0) is 14.3 Å². The quantitative estimate of drug-likeness (QED) is 0.110. The Bertz CT molecular complexity index is 392. The third-order valence-electron chi connectivity index (χ3n) is 5.27. The molecule has 0 atom stereocenters. The molecule has 0 amide bonds. The Labute approximate surface area is 193 Å².